The van der Waals surface area contributed by atoms with E-state index in [1.807, 2.05) is 26.0 Å². The Labute approximate surface area is 177 Å². The van der Waals surface area contributed by atoms with Gasteiger partial charge in [0.15, 0.2) is 0 Å². The molecule has 1 aromatic rings. The summed E-state index contributed by atoms with van der Waals surface area (Å²) in [7, 11) is 0. The standard InChI is InChI=1S/C21H31N3O6/c1-5-29-20(26)18(21(27)30-6-2)24-23-17-9-7-16(8-10-17)11-13-28-14-12-22-19(25)15(3)4/h7-10,15,23H,5-6,11-14H2,1-4H3,(H,22,25). The fourth-order valence-electron chi connectivity index (χ4n) is 2.18. The van der Waals surface area contributed by atoms with Crippen LogP contribution in [0, 0.1) is 5.92 Å². The summed E-state index contributed by atoms with van der Waals surface area (Å²) in [4.78, 5) is 35.2. The molecular weight excluding hydrogens is 390 g/mol. The van der Waals surface area contributed by atoms with Gasteiger partial charge in [0.25, 0.3) is 5.71 Å². The van der Waals surface area contributed by atoms with Crippen LogP contribution >= 0.6 is 0 Å². The highest BCUT2D eigenvalue weighted by atomic mass is 16.6. The number of carbonyl (C=O) groups excluding carboxylic acids is 3. The number of carbonyl (C=O) groups is 3. The van der Waals surface area contributed by atoms with E-state index >= 15 is 0 Å². The molecule has 30 heavy (non-hydrogen) atoms. The van der Waals surface area contributed by atoms with Gasteiger partial charge < -0.3 is 19.5 Å². The van der Waals surface area contributed by atoms with Crippen LogP contribution in [0.5, 0.6) is 0 Å². The number of hydrogen-bond acceptors (Lipinski definition) is 8. The van der Waals surface area contributed by atoms with Gasteiger partial charge in [0, 0.05) is 12.5 Å². The van der Waals surface area contributed by atoms with Gasteiger partial charge in [-0.25, -0.2) is 9.59 Å². The Balaban J connectivity index is 2.48. The number of hydrogen-bond donors (Lipinski definition) is 2. The van der Waals surface area contributed by atoms with Gasteiger partial charge in [0.05, 0.1) is 32.1 Å². The summed E-state index contributed by atoms with van der Waals surface area (Å²) < 4.78 is 15.2. The van der Waals surface area contributed by atoms with E-state index < -0.39 is 17.7 Å². The summed E-state index contributed by atoms with van der Waals surface area (Å²) >= 11 is 0. The van der Waals surface area contributed by atoms with Crippen LogP contribution in [0.2, 0.25) is 0 Å². The number of hydrazone groups is 1. The molecular formula is C21H31N3O6. The lowest BCUT2D eigenvalue weighted by Crippen LogP contribution is -2.30. The number of anilines is 1. The molecule has 1 rings (SSSR count). The second-order valence-electron chi connectivity index (χ2n) is 6.52. The third kappa shape index (κ3) is 9.51. The van der Waals surface area contributed by atoms with Crippen molar-refractivity contribution in [2.45, 2.75) is 34.1 Å². The molecule has 0 bridgehead atoms. The molecule has 0 aromatic heterocycles. The number of rotatable bonds is 13. The van der Waals surface area contributed by atoms with Gasteiger partial charge in [-0.05, 0) is 38.0 Å². The molecule has 0 spiro atoms. The van der Waals surface area contributed by atoms with Gasteiger partial charge in [-0.1, -0.05) is 26.0 Å². The average Bonchev–Trinajstić information content (AvgIpc) is 2.71. The van der Waals surface area contributed by atoms with Gasteiger partial charge in [-0.2, -0.15) is 5.10 Å². The van der Waals surface area contributed by atoms with E-state index in [4.69, 9.17) is 14.2 Å². The normalized spacial score (nSPS) is 10.3. The van der Waals surface area contributed by atoms with Gasteiger partial charge in [0.2, 0.25) is 5.91 Å². The minimum absolute atomic E-state index is 0.0124. The summed E-state index contributed by atoms with van der Waals surface area (Å²) in [6.07, 6.45) is 0.707. The first kappa shape index (κ1) is 25.1. The number of nitrogens with one attached hydrogen (secondary N) is 2. The summed E-state index contributed by atoms with van der Waals surface area (Å²) in [5, 5.41) is 6.63. The Morgan fingerprint density at radius 3 is 2.10 bits per heavy atom. The molecule has 0 saturated heterocycles. The molecule has 0 unspecified atom stereocenters. The monoisotopic (exact) mass is 421 g/mol. The lowest BCUT2D eigenvalue weighted by molar-refractivity contribution is -0.140. The molecule has 0 aliphatic carbocycles. The van der Waals surface area contributed by atoms with Crippen LogP contribution in [0.3, 0.4) is 0 Å². The van der Waals surface area contributed by atoms with Crippen molar-refractivity contribution in [1.82, 2.24) is 5.32 Å². The first-order valence-electron chi connectivity index (χ1n) is 10.0. The second-order valence-corrected chi connectivity index (χ2v) is 6.52. The predicted octanol–water partition coefficient (Wildman–Crippen LogP) is 1.91. The molecule has 166 valence electrons. The molecule has 0 radical (unpaired) electrons. The Morgan fingerprint density at radius 1 is 0.967 bits per heavy atom. The van der Waals surface area contributed by atoms with Crippen molar-refractivity contribution in [2.24, 2.45) is 11.0 Å². The van der Waals surface area contributed by atoms with Crippen LogP contribution in [0.4, 0.5) is 5.69 Å². The topological polar surface area (TPSA) is 115 Å². The number of esters is 2. The van der Waals surface area contributed by atoms with Crippen molar-refractivity contribution >= 4 is 29.2 Å². The SMILES string of the molecule is CCOC(=O)C(=NNc1ccc(CCOCCNC(=O)C(C)C)cc1)C(=O)OCC. The first-order chi connectivity index (χ1) is 14.4. The van der Waals surface area contributed by atoms with Gasteiger partial charge in [0.1, 0.15) is 0 Å². The van der Waals surface area contributed by atoms with Crippen molar-refractivity contribution in [2.75, 3.05) is 38.4 Å². The Hall–Kier alpha value is -2.94. The highest BCUT2D eigenvalue weighted by Crippen LogP contribution is 2.10. The highest BCUT2D eigenvalue weighted by molar-refractivity contribution is 6.62. The third-order valence-electron chi connectivity index (χ3n) is 3.79. The lowest BCUT2D eigenvalue weighted by atomic mass is 10.1. The molecule has 1 amide bonds. The van der Waals surface area contributed by atoms with E-state index in [1.54, 1.807) is 26.0 Å². The summed E-state index contributed by atoms with van der Waals surface area (Å²) in [6, 6.07) is 7.32. The Kier molecular flexibility index (Phi) is 11.8. The van der Waals surface area contributed by atoms with Gasteiger partial charge >= 0.3 is 11.9 Å². The molecule has 0 heterocycles. The molecule has 0 saturated carbocycles. The molecule has 9 nitrogen and oxygen atoms in total. The second kappa shape index (κ2) is 14.1. The number of amides is 1. The van der Waals surface area contributed by atoms with Crippen molar-refractivity contribution in [3.8, 4) is 0 Å². The van der Waals surface area contributed by atoms with Gasteiger partial charge in [-0.15, -0.1) is 0 Å². The highest BCUT2D eigenvalue weighted by Gasteiger charge is 2.23. The van der Waals surface area contributed by atoms with Gasteiger partial charge in [-0.3, -0.25) is 10.2 Å². The molecule has 0 aliphatic rings. The summed E-state index contributed by atoms with van der Waals surface area (Å²) in [5.41, 5.74) is 3.87. The minimum atomic E-state index is -0.846. The van der Waals surface area contributed by atoms with Crippen LogP contribution in [-0.4, -0.2) is 56.5 Å². The van der Waals surface area contributed by atoms with Crippen LogP contribution in [0.1, 0.15) is 33.3 Å². The fourth-order valence-corrected chi connectivity index (χ4v) is 2.18. The van der Waals surface area contributed by atoms with E-state index in [2.05, 4.69) is 15.8 Å². The Bertz CT molecular complexity index is 696. The van der Waals surface area contributed by atoms with Crippen molar-refractivity contribution in [3.05, 3.63) is 29.8 Å². The largest absolute Gasteiger partial charge is 0.461 e. The molecule has 0 atom stereocenters. The molecule has 0 fully saturated rings. The third-order valence-corrected chi connectivity index (χ3v) is 3.79. The first-order valence-corrected chi connectivity index (χ1v) is 10.0. The van der Waals surface area contributed by atoms with E-state index in [-0.39, 0.29) is 25.0 Å². The van der Waals surface area contributed by atoms with Crippen LogP contribution in [-0.2, 0) is 35.0 Å². The molecule has 9 heteroatoms. The maximum atomic E-state index is 11.9. The number of ether oxygens (including phenoxy) is 3. The van der Waals surface area contributed by atoms with Crippen molar-refractivity contribution in [3.63, 3.8) is 0 Å². The average molecular weight is 421 g/mol. The quantitative estimate of drug-likeness (QED) is 0.164. The van der Waals surface area contributed by atoms with Crippen molar-refractivity contribution < 1.29 is 28.6 Å². The Morgan fingerprint density at radius 2 is 1.57 bits per heavy atom. The minimum Gasteiger partial charge on any atom is -0.461 e. The van der Waals surface area contributed by atoms with Crippen LogP contribution in [0.15, 0.2) is 29.4 Å². The smallest absolute Gasteiger partial charge is 0.366 e. The lowest BCUT2D eigenvalue weighted by Gasteiger charge is -2.09. The zero-order chi connectivity index (χ0) is 22.4. The van der Waals surface area contributed by atoms with E-state index in [1.165, 1.54) is 0 Å². The van der Waals surface area contributed by atoms with E-state index in [0.29, 0.717) is 31.9 Å². The zero-order valence-electron chi connectivity index (χ0n) is 18.0. The fraction of sp³-hybridized carbons (Fsp3) is 0.524. The summed E-state index contributed by atoms with van der Waals surface area (Å²) in [6.45, 7) is 8.67. The maximum absolute atomic E-state index is 11.9. The van der Waals surface area contributed by atoms with E-state index in [0.717, 1.165) is 5.56 Å². The number of nitrogens with zero attached hydrogens (tertiary/aromatic N) is 1. The number of benzene rings is 1. The van der Waals surface area contributed by atoms with Crippen molar-refractivity contribution in [1.29, 1.82) is 0 Å². The van der Waals surface area contributed by atoms with Crippen LogP contribution < -0.4 is 10.7 Å². The zero-order valence-corrected chi connectivity index (χ0v) is 18.0. The molecule has 2 N–H and O–H groups in total. The van der Waals surface area contributed by atoms with Crippen LogP contribution in [0.25, 0.3) is 0 Å². The predicted molar refractivity (Wildman–Crippen MR) is 113 cm³/mol. The van der Waals surface area contributed by atoms with E-state index in [9.17, 15) is 14.4 Å². The molecule has 1 aromatic carbocycles. The maximum Gasteiger partial charge on any atom is 0.366 e. The molecule has 0 aliphatic heterocycles. The summed E-state index contributed by atoms with van der Waals surface area (Å²) in [5.74, 6) is -1.71.